The first kappa shape index (κ1) is 9.30. The third-order valence-electron chi connectivity index (χ3n) is 2.19. The van der Waals surface area contributed by atoms with Crippen molar-refractivity contribution in [3.05, 3.63) is 11.6 Å². The topological polar surface area (TPSA) is 26.3 Å². The van der Waals surface area contributed by atoms with E-state index in [-0.39, 0.29) is 12.1 Å². The van der Waals surface area contributed by atoms with Gasteiger partial charge in [0.15, 0.2) is 0 Å². The Bertz CT molecular complexity index is 194. The third-order valence-corrected chi connectivity index (χ3v) is 2.19. The first-order chi connectivity index (χ1) is 5.70. The Hall–Kier alpha value is -0.790. The molecule has 1 atom stereocenters. The van der Waals surface area contributed by atoms with Crippen LogP contribution in [0.2, 0.25) is 0 Å². The molecule has 2 nitrogen and oxygen atoms in total. The average Bonchev–Trinajstić information content (AvgIpc) is 2.05. The molecule has 1 unspecified atom stereocenters. The lowest BCUT2D eigenvalue weighted by atomic mass is 9.96. The number of ether oxygens (including phenoxy) is 1. The van der Waals surface area contributed by atoms with Crippen LogP contribution >= 0.6 is 0 Å². The molecule has 0 radical (unpaired) electrons. The normalized spacial score (nSPS) is 19.7. The largest absolute Gasteiger partial charge is 0.458 e. The van der Waals surface area contributed by atoms with E-state index in [1.54, 1.807) is 0 Å². The fourth-order valence-corrected chi connectivity index (χ4v) is 1.56. The van der Waals surface area contributed by atoms with E-state index in [1.807, 2.05) is 6.92 Å². The monoisotopic (exact) mass is 168 g/mol. The highest BCUT2D eigenvalue weighted by atomic mass is 16.5. The molecule has 0 aromatic heterocycles. The van der Waals surface area contributed by atoms with Gasteiger partial charge in [0.2, 0.25) is 0 Å². The van der Waals surface area contributed by atoms with Crippen molar-refractivity contribution >= 4 is 5.97 Å². The van der Waals surface area contributed by atoms with Gasteiger partial charge < -0.3 is 4.74 Å². The summed E-state index contributed by atoms with van der Waals surface area (Å²) in [4.78, 5) is 10.6. The highest BCUT2D eigenvalue weighted by molar-refractivity contribution is 5.66. The van der Waals surface area contributed by atoms with Gasteiger partial charge >= 0.3 is 5.97 Å². The molecule has 2 heteroatoms. The maximum atomic E-state index is 10.6. The number of rotatable bonds is 2. The zero-order chi connectivity index (χ0) is 8.97. The predicted molar refractivity (Wildman–Crippen MR) is 47.8 cm³/mol. The number of hydrogen-bond acceptors (Lipinski definition) is 2. The Labute approximate surface area is 73.6 Å². The summed E-state index contributed by atoms with van der Waals surface area (Å²) in [5.74, 6) is -0.186. The Morgan fingerprint density at radius 2 is 2.33 bits per heavy atom. The van der Waals surface area contributed by atoms with Crippen LogP contribution in [0.4, 0.5) is 0 Å². The lowest BCUT2D eigenvalue weighted by Gasteiger charge is -2.19. The summed E-state index contributed by atoms with van der Waals surface area (Å²) >= 11 is 0. The maximum Gasteiger partial charge on any atom is 0.303 e. The van der Waals surface area contributed by atoms with Gasteiger partial charge in [0.25, 0.3) is 0 Å². The zero-order valence-electron chi connectivity index (χ0n) is 7.80. The van der Waals surface area contributed by atoms with Crippen molar-refractivity contribution in [2.24, 2.45) is 0 Å². The molecule has 0 saturated heterocycles. The number of carbonyl (C=O) groups excluding carboxylic acids is 1. The van der Waals surface area contributed by atoms with Crippen LogP contribution in [-0.2, 0) is 9.53 Å². The second-order valence-electron chi connectivity index (χ2n) is 3.28. The van der Waals surface area contributed by atoms with Crippen molar-refractivity contribution < 1.29 is 9.53 Å². The van der Waals surface area contributed by atoms with E-state index in [0.29, 0.717) is 0 Å². The average molecular weight is 168 g/mol. The minimum absolute atomic E-state index is 0.0113. The second kappa shape index (κ2) is 4.29. The summed E-state index contributed by atoms with van der Waals surface area (Å²) in [5.41, 5.74) is 1.29. The maximum absolute atomic E-state index is 10.6. The van der Waals surface area contributed by atoms with Crippen molar-refractivity contribution in [3.63, 3.8) is 0 Å². The van der Waals surface area contributed by atoms with E-state index >= 15 is 0 Å². The summed E-state index contributed by atoms with van der Waals surface area (Å²) in [5, 5.41) is 0. The minimum atomic E-state index is -0.186. The predicted octanol–water partition coefficient (Wildman–Crippen LogP) is 2.44. The highest BCUT2D eigenvalue weighted by Crippen LogP contribution is 2.21. The van der Waals surface area contributed by atoms with E-state index in [1.165, 1.54) is 25.3 Å². The molecule has 0 fully saturated rings. The van der Waals surface area contributed by atoms with Crippen molar-refractivity contribution in [2.45, 2.75) is 45.6 Å². The van der Waals surface area contributed by atoms with E-state index in [2.05, 4.69) is 6.08 Å². The fourth-order valence-electron chi connectivity index (χ4n) is 1.56. The van der Waals surface area contributed by atoms with Gasteiger partial charge in [-0.15, -0.1) is 0 Å². The summed E-state index contributed by atoms with van der Waals surface area (Å²) < 4.78 is 5.08. The minimum Gasteiger partial charge on any atom is -0.458 e. The van der Waals surface area contributed by atoms with Crippen LogP contribution < -0.4 is 0 Å². The number of hydrogen-bond donors (Lipinski definition) is 0. The molecule has 0 aromatic rings. The lowest BCUT2D eigenvalue weighted by molar-refractivity contribution is -0.143. The third kappa shape index (κ3) is 2.68. The van der Waals surface area contributed by atoms with Gasteiger partial charge in [-0.2, -0.15) is 0 Å². The Balaban J connectivity index is 2.44. The van der Waals surface area contributed by atoms with E-state index in [0.717, 1.165) is 12.8 Å². The molecule has 1 aliphatic rings. The van der Waals surface area contributed by atoms with Gasteiger partial charge in [-0.1, -0.05) is 6.08 Å². The molecular weight excluding hydrogens is 152 g/mol. The van der Waals surface area contributed by atoms with E-state index in [9.17, 15) is 4.79 Å². The van der Waals surface area contributed by atoms with Gasteiger partial charge in [-0.3, -0.25) is 4.79 Å². The quantitative estimate of drug-likeness (QED) is 0.467. The molecular formula is C10H16O2. The van der Waals surface area contributed by atoms with E-state index < -0.39 is 0 Å². The number of esters is 1. The Kier molecular flexibility index (Phi) is 3.32. The highest BCUT2D eigenvalue weighted by Gasteiger charge is 2.13. The van der Waals surface area contributed by atoms with Crippen LogP contribution in [0.25, 0.3) is 0 Å². The molecule has 12 heavy (non-hydrogen) atoms. The molecule has 0 aliphatic heterocycles. The molecule has 1 rings (SSSR count). The van der Waals surface area contributed by atoms with Crippen LogP contribution in [0.3, 0.4) is 0 Å². The van der Waals surface area contributed by atoms with Crippen LogP contribution in [-0.4, -0.2) is 12.1 Å². The summed E-state index contributed by atoms with van der Waals surface area (Å²) in [6, 6.07) is 0. The molecule has 0 amide bonds. The van der Waals surface area contributed by atoms with Crippen LogP contribution in [0, 0.1) is 0 Å². The molecule has 0 bridgehead atoms. The number of carbonyl (C=O) groups is 1. The number of allylic oxidation sites excluding steroid dienone is 1. The Morgan fingerprint density at radius 3 is 2.83 bits per heavy atom. The molecule has 0 spiro atoms. The smallest absolute Gasteiger partial charge is 0.303 e. The Morgan fingerprint density at radius 1 is 1.58 bits per heavy atom. The van der Waals surface area contributed by atoms with Gasteiger partial charge in [-0.25, -0.2) is 0 Å². The first-order valence-electron chi connectivity index (χ1n) is 4.56. The standard InChI is InChI=1S/C10H16O2/c1-8(12-9(2)11)10-6-4-3-5-7-10/h6,8H,3-5,7H2,1-2H3. The first-order valence-corrected chi connectivity index (χ1v) is 4.56. The van der Waals surface area contributed by atoms with Gasteiger partial charge in [0, 0.05) is 6.92 Å². The molecule has 0 heterocycles. The van der Waals surface area contributed by atoms with Gasteiger partial charge in [0.05, 0.1) is 0 Å². The molecule has 1 aliphatic carbocycles. The van der Waals surface area contributed by atoms with Gasteiger partial charge in [-0.05, 0) is 38.2 Å². The molecule has 0 saturated carbocycles. The van der Waals surface area contributed by atoms with Crippen LogP contribution in [0.5, 0.6) is 0 Å². The van der Waals surface area contributed by atoms with Crippen molar-refractivity contribution in [2.75, 3.05) is 0 Å². The zero-order valence-corrected chi connectivity index (χ0v) is 7.80. The second-order valence-corrected chi connectivity index (χ2v) is 3.28. The van der Waals surface area contributed by atoms with Crippen molar-refractivity contribution in [3.8, 4) is 0 Å². The summed E-state index contributed by atoms with van der Waals surface area (Å²) in [6.45, 7) is 3.40. The fraction of sp³-hybridized carbons (Fsp3) is 0.700. The van der Waals surface area contributed by atoms with E-state index in [4.69, 9.17) is 4.74 Å². The SMILES string of the molecule is CC(=O)OC(C)C1=CCCCC1. The lowest BCUT2D eigenvalue weighted by Crippen LogP contribution is -2.16. The van der Waals surface area contributed by atoms with Gasteiger partial charge in [0.1, 0.15) is 6.10 Å². The molecule has 68 valence electrons. The molecule has 0 N–H and O–H groups in total. The van der Waals surface area contributed by atoms with Crippen molar-refractivity contribution in [1.29, 1.82) is 0 Å². The summed E-state index contributed by atoms with van der Waals surface area (Å²) in [7, 11) is 0. The molecule has 0 aromatic carbocycles. The summed E-state index contributed by atoms with van der Waals surface area (Å²) in [6.07, 6.45) is 6.93. The van der Waals surface area contributed by atoms with Crippen LogP contribution in [0.15, 0.2) is 11.6 Å². The van der Waals surface area contributed by atoms with Crippen LogP contribution in [0.1, 0.15) is 39.5 Å². The van der Waals surface area contributed by atoms with Crippen molar-refractivity contribution in [1.82, 2.24) is 0 Å².